The van der Waals surface area contributed by atoms with Crippen LogP contribution in [0.5, 0.6) is 0 Å². The number of benzene rings is 3. The van der Waals surface area contributed by atoms with Crippen molar-refractivity contribution in [2.24, 2.45) is 11.8 Å². The van der Waals surface area contributed by atoms with Gasteiger partial charge < -0.3 is 0 Å². The SMILES string of the molecule is Cc1ccc(S(=O)(=O)N2CC3=C4CN(S(=O)(=O)c5ccc(C)cc5)C[C@@H]4CC[C@@H]3C2)cc1.Cc1ccccc1. The lowest BCUT2D eigenvalue weighted by atomic mass is 9.80. The third-order valence-corrected chi connectivity index (χ3v) is 11.7. The van der Waals surface area contributed by atoms with Gasteiger partial charge in [0.05, 0.1) is 9.79 Å². The number of fused-ring (bicyclic) bond motifs is 2. The van der Waals surface area contributed by atoms with Crippen molar-refractivity contribution in [2.45, 2.75) is 43.4 Å². The third kappa shape index (κ3) is 5.75. The van der Waals surface area contributed by atoms with E-state index in [1.54, 1.807) is 32.9 Å². The van der Waals surface area contributed by atoms with Crippen LogP contribution in [0, 0.1) is 32.6 Å². The molecule has 2 aliphatic heterocycles. The number of aryl methyl sites for hydroxylation is 3. The number of rotatable bonds is 4. The molecule has 6 nitrogen and oxygen atoms in total. The van der Waals surface area contributed by atoms with Crippen LogP contribution in [0.1, 0.15) is 29.5 Å². The fourth-order valence-electron chi connectivity index (χ4n) is 5.76. The first-order valence-electron chi connectivity index (χ1n) is 13.4. The van der Waals surface area contributed by atoms with Crippen molar-refractivity contribution in [2.75, 3.05) is 26.2 Å². The van der Waals surface area contributed by atoms with Crippen molar-refractivity contribution < 1.29 is 16.8 Å². The molecule has 0 spiro atoms. The van der Waals surface area contributed by atoms with E-state index in [1.165, 1.54) is 5.56 Å². The predicted molar refractivity (Wildman–Crippen MR) is 154 cm³/mol. The Morgan fingerprint density at radius 1 is 0.538 bits per heavy atom. The Morgan fingerprint density at radius 3 is 1.23 bits per heavy atom. The van der Waals surface area contributed by atoms with E-state index >= 15 is 0 Å². The van der Waals surface area contributed by atoms with Crippen molar-refractivity contribution in [3.05, 3.63) is 107 Å². The summed E-state index contributed by atoms with van der Waals surface area (Å²) in [7, 11) is -7.13. The van der Waals surface area contributed by atoms with Gasteiger partial charge in [0.25, 0.3) is 0 Å². The molecule has 1 aliphatic carbocycles. The molecule has 3 aliphatic rings. The van der Waals surface area contributed by atoms with E-state index in [1.807, 2.05) is 56.3 Å². The summed E-state index contributed by atoms with van der Waals surface area (Å²) in [6.45, 7) is 7.64. The summed E-state index contributed by atoms with van der Waals surface area (Å²) < 4.78 is 56.0. The third-order valence-electron chi connectivity index (χ3n) is 8.06. The van der Waals surface area contributed by atoms with Crippen molar-refractivity contribution in [1.82, 2.24) is 8.61 Å². The van der Waals surface area contributed by atoms with Gasteiger partial charge in [-0.1, -0.05) is 71.3 Å². The maximum Gasteiger partial charge on any atom is 0.243 e. The summed E-state index contributed by atoms with van der Waals surface area (Å²) in [5.41, 5.74) is 5.64. The maximum atomic E-state index is 13.2. The zero-order valence-corrected chi connectivity index (χ0v) is 24.4. The van der Waals surface area contributed by atoms with E-state index in [9.17, 15) is 16.8 Å². The van der Waals surface area contributed by atoms with Gasteiger partial charge in [-0.05, 0) is 80.9 Å². The zero-order chi connectivity index (χ0) is 27.8. The van der Waals surface area contributed by atoms with Crippen LogP contribution in [0.4, 0.5) is 0 Å². The Balaban J connectivity index is 0.000000384. The van der Waals surface area contributed by atoms with E-state index in [4.69, 9.17) is 0 Å². The van der Waals surface area contributed by atoms with Gasteiger partial charge in [0.2, 0.25) is 20.0 Å². The predicted octanol–water partition coefficient (Wildman–Crippen LogP) is 5.33. The molecule has 0 unspecified atom stereocenters. The molecule has 39 heavy (non-hydrogen) atoms. The fourth-order valence-corrected chi connectivity index (χ4v) is 8.69. The van der Waals surface area contributed by atoms with Crippen LogP contribution in [0.2, 0.25) is 0 Å². The van der Waals surface area contributed by atoms with E-state index in [-0.39, 0.29) is 11.8 Å². The minimum atomic E-state index is -3.56. The highest BCUT2D eigenvalue weighted by Gasteiger charge is 2.45. The standard InChI is InChI=1S/C24H28N2O4S2.C7H8/c1-17-3-9-21(10-4-17)31(27,28)25-13-19-7-8-20-14-26(16-24(20)23(19)15-25)32(29,30)22-11-5-18(2)6-12-22;1-7-5-3-2-4-6-7/h3-6,9-12,19-20H,7-8,13-16H2,1-2H3;2-6H,1H3/t19-,20+;. The normalized spacial score (nSPS) is 21.7. The quantitative estimate of drug-likeness (QED) is 0.402. The lowest BCUT2D eigenvalue weighted by Gasteiger charge is -2.24. The van der Waals surface area contributed by atoms with Crippen LogP contribution in [-0.2, 0) is 20.0 Å². The number of sulfonamides is 2. The molecule has 3 aromatic rings. The van der Waals surface area contributed by atoms with Gasteiger partial charge in [-0.15, -0.1) is 0 Å². The Hall–Kier alpha value is -2.78. The first-order chi connectivity index (χ1) is 18.6. The van der Waals surface area contributed by atoms with Gasteiger partial charge in [0, 0.05) is 26.2 Å². The van der Waals surface area contributed by atoms with Crippen molar-refractivity contribution in [3.63, 3.8) is 0 Å². The molecule has 6 rings (SSSR count). The molecule has 3 aromatic carbocycles. The monoisotopic (exact) mass is 564 g/mol. The average molecular weight is 565 g/mol. The highest BCUT2D eigenvalue weighted by atomic mass is 32.2. The largest absolute Gasteiger partial charge is 0.243 e. The zero-order valence-electron chi connectivity index (χ0n) is 22.7. The summed E-state index contributed by atoms with van der Waals surface area (Å²) >= 11 is 0. The minimum absolute atomic E-state index is 0.184. The van der Waals surface area contributed by atoms with Gasteiger partial charge in [0.15, 0.2) is 0 Å². The molecule has 2 heterocycles. The van der Waals surface area contributed by atoms with Crippen LogP contribution in [0.25, 0.3) is 0 Å². The van der Waals surface area contributed by atoms with Gasteiger partial charge in [-0.2, -0.15) is 8.61 Å². The van der Waals surface area contributed by atoms with Crippen LogP contribution < -0.4 is 0 Å². The Kier molecular flexibility index (Phi) is 7.84. The molecule has 8 heteroatoms. The number of nitrogens with zero attached hydrogens (tertiary/aromatic N) is 2. The van der Waals surface area contributed by atoms with Crippen LogP contribution in [-0.4, -0.2) is 51.6 Å². The first-order valence-corrected chi connectivity index (χ1v) is 16.3. The molecular weight excluding hydrogens is 528 g/mol. The van der Waals surface area contributed by atoms with Gasteiger partial charge >= 0.3 is 0 Å². The van der Waals surface area contributed by atoms with Gasteiger partial charge in [-0.25, -0.2) is 16.8 Å². The fraction of sp³-hybridized carbons (Fsp3) is 0.355. The van der Waals surface area contributed by atoms with E-state index < -0.39 is 20.0 Å². The molecular formula is C31H36N2O4S2. The Morgan fingerprint density at radius 2 is 0.897 bits per heavy atom. The summed E-state index contributed by atoms with van der Waals surface area (Å²) in [6, 6.07) is 24.2. The summed E-state index contributed by atoms with van der Waals surface area (Å²) in [5, 5.41) is 0. The lowest BCUT2D eigenvalue weighted by Crippen LogP contribution is -2.29. The lowest BCUT2D eigenvalue weighted by molar-refractivity contribution is 0.402. The van der Waals surface area contributed by atoms with Gasteiger partial charge in [0.1, 0.15) is 0 Å². The molecule has 2 fully saturated rings. The van der Waals surface area contributed by atoms with Crippen molar-refractivity contribution in [1.29, 1.82) is 0 Å². The average Bonchev–Trinajstić information content (AvgIpc) is 3.55. The van der Waals surface area contributed by atoms with Crippen LogP contribution in [0.3, 0.4) is 0 Å². The molecule has 0 amide bonds. The number of hydrogen-bond donors (Lipinski definition) is 0. The molecule has 2 saturated heterocycles. The first kappa shape index (κ1) is 27.8. The van der Waals surface area contributed by atoms with E-state index in [0.29, 0.717) is 36.0 Å². The molecule has 0 radical (unpaired) electrons. The summed E-state index contributed by atoms with van der Waals surface area (Å²) in [6.07, 6.45) is 1.81. The second kappa shape index (κ2) is 11.0. The second-order valence-electron chi connectivity index (χ2n) is 10.9. The van der Waals surface area contributed by atoms with E-state index in [0.717, 1.165) is 35.1 Å². The Bertz CT molecular complexity index is 1460. The van der Waals surface area contributed by atoms with E-state index in [2.05, 4.69) is 19.1 Å². The summed E-state index contributed by atoms with van der Waals surface area (Å²) in [5.74, 6) is 0.368. The second-order valence-corrected chi connectivity index (χ2v) is 14.8. The van der Waals surface area contributed by atoms with Crippen LogP contribution in [0.15, 0.2) is 99.8 Å². The molecule has 0 saturated carbocycles. The minimum Gasteiger partial charge on any atom is -0.207 e. The molecule has 0 bridgehead atoms. The number of hydrogen-bond acceptors (Lipinski definition) is 4. The van der Waals surface area contributed by atoms with Crippen molar-refractivity contribution >= 4 is 20.0 Å². The highest BCUT2D eigenvalue weighted by Crippen LogP contribution is 2.44. The summed E-state index contributed by atoms with van der Waals surface area (Å²) in [4.78, 5) is 0.637. The Labute approximate surface area is 233 Å². The molecule has 2 atom stereocenters. The van der Waals surface area contributed by atoms with Crippen LogP contribution >= 0.6 is 0 Å². The topological polar surface area (TPSA) is 74.8 Å². The highest BCUT2D eigenvalue weighted by molar-refractivity contribution is 7.89. The van der Waals surface area contributed by atoms with Gasteiger partial charge in [-0.3, -0.25) is 0 Å². The van der Waals surface area contributed by atoms with Crippen molar-refractivity contribution in [3.8, 4) is 0 Å². The molecule has 0 aromatic heterocycles. The molecule has 0 N–H and O–H groups in total. The smallest absolute Gasteiger partial charge is 0.207 e. The maximum absolute atomic E-state index is 13.2. The molecule has 206 valence electrons.